The average Bonchev–Trinajstić information content (AvgIpc) is 2.39. The van der Waals surface area contributed by atoms with Crippen molar-refractivity contribution in [2.24, 2.45) is 17.8 Å². The molecule has 1 saturated carbocycles. The van der Waals surface area contributed by atoms with Gasteiger partial charge in [0.2, 0.25) is 0 Å². The largest absolute Gasteiger partial charge is 0.464 e. The molecule has 19 heavy (non-hydrogen) atoms. The molecule has 0 bridgehead atoms. The van der Waals surface area contributed by atoms with E-state index in [2.05, 4.69) is 18.7 Å². The Morgan fingerprint density at radius 1 is 1.16 bits per heavy atom. The van der Waals surface area contributed by atoms with Gasteiger partial charge in [-0.25, -0.2) is 0 Å². The van der Waals surface area contributed by atoms with Crippen molar-refractivity contribution in [3.05, 3.63) is 0 Å². The van der Waals surface area contributed by atoms with E-state index in [9.17, 15) is 4.79 Å². The van der Waals surface area contributed by atoms with Crippen LogP contribution < -0.4 is 0 Å². The van der Waals surface area contributed by atoms with Crippen LogP contribution in [0.15, 0.2) is 0 Å². The summed E-state index contributed by atoms with van der Waals surface area (Å²) in [5.74, 6) is 2.11. The number of hydrogen-bond donors (Lipinski definition) is 0. The topological polar surface area (TPSA) is 29.5 Å². The van der Waals surface area contributed by atoms with Crippen LogP contribution in [-0.2, 0) is 9.53 Å². The van der Waals surface area contributed by atoms with Crippen molar-refractivity contribution in [3.8, 4) is 0 Å². The molecule has 0 N–H and O–H groups in total. The van der Waals surface area contributed by atoms with Crippen molar-refractivity contribution in [1.82, 2.24) is 4.90 Å². The first-order valence-corrected chi connectivity index (χ1v) is 8.03. The van der Waals surface area contributed by atoms with E-state index in [-0.39, 0.29) is 5.97 Å². The second-order valence-corrected chi connectivity index (χ2v) is 6.68. The molecule has 2 fully saturated rings. The van der Waals surface area contributed by atoms with Crippen LogP contribution in [0.1, 0.15) is 52.4 Å². The molecule has 1 heterocycles. The van der Waals surface area contributed by atoms with Crippen molar-refractivity contribution < 1.29 is 9.53 Å². The van der Waals surface area contributed by atoms with Gasteiger partial charge >= 0.3 is 5.97 Å². The summed E-state index contributed by atoms with van der Waals surface area (Å²) in [6, 6.07) is 0. The molecule has 0 amide bonds. The highest BCUT2D eigenvalue weighted by atomic mass is 16.5. The van der Waals surface area contributed by atoms with Crippen LogP contribution in [0, 0.1) is 17.8 Å². The second-order valence-electron chi connectivity index (χ2n) is 6.68. The third-order valence-corrected chi connectivity index (χ3v) is 4.87. The van der Waals surface area contributed by atoms with Gasteiger partial charge in [0.05, 0.1) is 13.2 Å². The molecule has 3 nitrogen and oxygen atoms in total. The third-order valence-electron chi connectivity index (χ3n) is 4.87. The fourth-order valence-electron chi connectivity index (χ4n) is 3.52. The van der Waals surface area contributed by atoms with Gasteiger partial charge < -0.3 is 4.74 Å². The standard InChI is InChI=1S/C16H29NO2/c1-13-6-7-15(14(2)10-13)12-19-16(18)11-17-8-4-3-5-9-17/h13-15H,3-12H2,1-2H3/t13-,14+,15-/m1/s1. The van der Waals surface area contributed by atoms with Crippen molar-refractivity contribution in [1.29, 1.82) is 0 Å². The van der Waals surface area contributed by atoms with Crippen LogP contribution in [0.4, 0.5) is 0 Å². The Hall–Kier alpha value is -0.570. The van der Waals surface area contributed by atoms with Crippen LogP contribution in [0.5, 0.6) is 0 Å². The summed E-state index contributed by atoms with van der Waals surface area (Å²) in [6.07, 6.45) is 7.56. The van der Waals surface area contributed by atoms with Gasteiger partial charge in [0.15, 0.2) is 0 Å². The van der Waals surface area contributed by atoms with Crippen molar-refractivity contribution in [2.45, 2.75) is 52.4 Å². The lowest BCUT2D eigenvalue weighted by molar-refractivity contribution is -0.147. The van der Waals surface area contributed by atoms with Crippen LogP contribution in [0.2, 0.25) is 0 Å². The summed E-state index contributed by atoms with van der Waals surface area (Å²) in [5, 5.41) is 0. The van der Waals surface area contributed by atoms with Crippen LogP contribution in [0.25, 0.3) is 0 Å². The minimum absolute atomic E-state index is 0.0206. The fourth-order valence-corrected chi connectivity index (χ4v) is 3.52. The predicted molar refractivity (Wildman–Crippen MR) is 76.9 cm³/mol. The Labute approximate surface area is 117 Å². The summed E-state index contributed by atoms with van der Waals surface area (Å²) in [6.45, 7) is 7.89. The zero-order valence-corrected chi connectivity index (χ0v) is 12.6. The highest BCUT2D eigenvalue weighted by Gasteiger charge is 2.26. The lowest BCUT2D eigenvalue weighted by Gasteiger charge is -2.32. The quantitative estimate of drug-likeness (QED) is 0.733. The van der Waals surface area contributed by atoms with Gasteiger partial charge in [0.25, 0.3) is 0 Å². The number of carbonyl (C=O) groups is 1. The molecule has 1 aliphatic carbocycles. The van der Waals surface area contributed by atoms with E-state index >= 15 is 0 Å². The Morgan fingerprint density at radius 3 is 2.58 bits per heavy atom. The monoisotopic (exact) mass is 267 g/mol. The summed E-state index contributed by atoms with van der Waals surface area (Å²) in [7, 11) is 0. The van der Waals surface area contributed by atoms with Crippen LogP contribution in [0.3, 0.4) is 0 Å². The number of carbonyl (C=O) groups excluding carboxylic acids is 1. The van der Waals surface area contributed by atoms with E-state index in [0.29, 0.717) is 25.0 Å². The van der Waals surface area contributed by atoms with Gasteiger partial charge in [-0.1, -0.05) is 26.7 Å². The minimum Gasteiger partial charge on any atom is -0.464 e. The molecule has 1 saturated heterocycles. The predicted octanol–water partition coefficient (Wildman–Crippen LogP) is 3.09. The zero-order valence-electron chi connectivity index (χ0n) is 12.6. The summed E-state index contributed by atoms with van der Waals surface area (Å²) in [5.41, 5.74) is 0. The molecule has 0 aromatic rings. The number of ether oxygens (including phenoxy) is 1. The Kier molecular flexibility index (Phi) is 5.68. The third kappa shape index (κ3) is 4.79. The summed E-state index contributed by atoms with van der Waals surface area (Å²) >= 11 is 0. The van der Waals surface area contributed by atoms with E-state index in [1.165, 1.54) is 38.5 Å². The van der Waals surface area contributed by atoms with Crippen molar-refractivity contribution in [3.63, 3.8) is 0 Å². The smallest absolute Gasteiger partial charge is 0.320 e. The molecule has 3 atom stereocenters. The van der Waals surface area contributed by atoms with Crippen molar-refractivity contribution >= 4 is 5.97 Å². The molecule has 0 aromatic heterocycles. The van der Waals surface area contributed by atoms with Crippen molar-refractivity contribution in [2.75, 3.05) is 26.2 Å². The van der Waals surface area contributed by atoms with Gasteiger partial charge in [0, 0.05) is 0 Å². The molecule has 2 aliphatic rings. The van der Waals surface area contributed by atoms with Crippen LogP contribution >= 0.6 is 0 Å². The normalized spacial score (nSPS) is 33.1. The SMILES string of the molecule is C[C@@H]1CC[C@H](COC(=O)CN2CCCCC2)[C@@H](C)C1. The van der Waals surface area contributed by atoms with Gasteiger partial charge in [-0.15, -0.1) is 0 Å². The Morgan fingerprint density at radius 2 is 1.89 bits per heavy atom. The average molecular weight is 267 g/mol. The number of nitrogens with zero attached hydrogens (tertiary/aromatic N) is 1. The summed E-state index contributed by atoms with van der Waals surface area (Å²) < 4.78 is 5.51. The first-order chi connectivity index (χ1) is 9.15. The maximum atomic E-state index is 11.9. The van der Waals surface area contributed by atoms with E-state index in [4.69, 9.17) is 4.74 Å². The molecule has 0 spiro atoms. The van der Waals surface area contributed by atoms with Crippen LogP contribution in [-0.4, -0.2) is 37.1 Å². The number of rotatable bonds is 4. The summed E-state index contributed by atoms with van der Waals surface area (Å²) in [4.78, 5) is 14.1. The fraction of sp³-hybridized carbons (Fsp3) is 0.938. The second kappa shape index (κ2) is 7.28. The van der Waals surface area contributed by atoms with E-state index in [1.807, 2.05) is 0 Å². The number of hydrogen-bond acceptors (Lipinski definition) is 3. The van der Waals surface area contributed by atoms with Gasteiger partial charge in [-0.3, -0.25) is 9.69 Å². The number of piperidine rings is 1. The molecule has 2 rings (SSSR count). The lowest BCUT2D eigenvalue weighted by Crippen LogP contribution is -2.36. The molecule has 3 heteroatoms. The molecule has 0 aromatic carbocycles. The van der Waals surface area contributed by atoms with Gasteiger partial charge in [-0.05, 0) is 56.5 Å². The Bertz CT molecular complexity index is 286. The van der Waals surface area contributed by atoms with E-state index < -0.39 is 0 Å². The Balaban J connectivity index is 1.65. The zero-order chi connectivity index (χ0) is 13.7. The molecule has 1 aliphatic heterocycles. The first kappa shape index (κ1) is 14.8. The molecular weight excluding hydrogens is 238 g/mol. The van der Waals surface area contributed by atoms with E-state index in [0.717, 1.165) is 19.0 Å². The molecular formula is C16H29NO2. The molecule has 110 valence electrons. The minimum atomic E-state index is -0.0206. The highest BCUT2D eigenvalue weighted by Crippen LogP contribution is 2.33. The number of esters is 1. The first-order valence-electron chi connectivity index (χ1n) is 8.03. The van der Waals surface area contributed by atoms with E-state index in [1.54, 1.807) is 0 Å². The van der Waals surface area contributed by atoms with Gasteiger partial charge in [0.1, 0.15) is 0 Å². The number of likely N-dealkylation sites (tertiary alicyclic amines) is 1. The lowest BCUT2D eigenvalue weighted by atomic mass is 9.76. The maximum Gasteiger partial charge on any atom is 0.320 e. The maximum absolute atomic E-state index is 11.9. The molecule has 0 radical (unpaired) electrons. The van der Waals surface area contributed by atoms with Gasteiger partial charge in [-0.2, -0.15) is 0 Å². The molecule has 0 unspecified atom stereocenters. The highest BCUT2D eigenvalue weighted by molar-refractivity contribution is 5.71.